The molecule has 5 rings (SSSR count). The molecule has 1 amide bonds. The summed E-state index contributed by atoms with van der Waals surface area (Å²) in [6, 6.07) is 21.0. The average molecular weight is 632 g/mol. The minimum Gasteiger partial charge on any atom is -0.507 e. The van der Waals surface area contributed by atoms with Gasteiger partial charge >= 0.3 is 5.91 Å². The van der Waals surface area contributed by atoms with E-state index in [0.29, 0.717) is 51.7 Å². The third-order valence-corrected chi connectivity index (χ3v) is 9.08. The monoisotopic (exact) mass is 631 g/mol. The third kappa shape index (κ3) is 6.74. The fourth-order valence-corrected chi connectivity index (χ4v) is 6.57. The molecule has 1 N–H and O–H groups in total. The molecule has 1 aliphatic rings. The fraction of sp³-hybridized carbons (Fsp3) is 0.273. The number of anilines is 1. The Morgan fingerprint density at radius 3 is 2.45 bits per heavy atom. The summed E-state index contributed by atoms with van der Waals surface area (Å²) in [5, 5.41) is 20.4. The Morgan fingerprint density at radius 2 is 1.75 bits per heavy atom. The van der Waals surface area contributed by atoms with Gasteiger partial charge < -0.3 is 19.3 Å². The molecule has 1 aromatic heterocycles. The summed E-state index contributed by atoms with van der Waals surface area (Å²) in [5.74, 6) is 0.345. The maximum absolute atomic E-state index is 13.6. The number of aromatic nitrogens is 2. The maximum Gasteiger partial charge on any atom is 0.301 e. The van der Waals surface area contributed by atoms with Crippen LogP contribution in [-0.4, -0.2) is 47.3 Å². The van der Waals surface area contributed by atoms with Crippen LogP contribution in [0.4, 0.5) is 5.13 Å². The van der Waals surface area contributed by atoms with Crippen molar-refractivity contribution in [2.24, 2.45) is 0 Å². The zero-order chi connectivity index (χ0) is 31.1. The van der Waals surface area contributed by atoms with Gasteiger partial charge in [-0.25, -0.2) is 0 Å². The Balaban J connectivity index is 1.54. The van der Waals surface area contributed by atoms with E-state index < -0.39 is 17.7 Å². The second kappa shape index (κ2) is 14.4. The van der Waals surface area contributed by atoms with Crippen molar-refractivity contribution in [2.75, 3.05) is 25.2 Å². The lowest BCUT2D eigenvalue weighted by Gasteiger charge is -2.23. The number of ketones is 1. The van der Waals surface area contributed by atoms with E-state index in [1.165, 1.54) is 35.1 Å². The first-order valence-corrected chi connectivity index (χ1v) is 16.1. The van der Waals surface area contributed by atoms with Crippen LogP contribution in [0.2, 0.25) is 0 Å². The van der Waals surface area contributed by atoms with Crippen LogP contribution in [0.25, 0.3) is 5.76 Å². The molecule has 1 fully saturated rings. The van der Waals surface area contributed by atoms with Crippen LogP contribution >= 0.6 is 23.1 Å². The quantitative estimate of drug-likeness (QED) is 0.0415. The maximum atomic E-state index is 13.6. The highest BCUT2D eigenvalue weighted by atomic mass is 32.2. The number of unbranched alkanes of at least 4 members (excludes halogenated alkanes) is 1. The molecule has 1 unspecified atom stereocenters. The van der Waals surface area contributed by atoms with Crippen LogP contribution in [0.1, 0.15) is 49.4 Å². The molecule has 11 heteroatoms. The van der Waals surface area contributed by atoms with Crippen LogP contribution in [0.15, 0.2) is 82.7 Å². The Kier molecular flexibility index (Phi) is 10.2. The molecular weight excluding hydrogens is 599 g/mol. The minimum atomic E-state index is -0.986. The topological polar surface area (TPSA) is 111 Å². The van der Waals surface area contributed by atoms with E-state index in [1.807, 2.05) is 37.3 Å². The van der Waals surface area contributed by atoms with Gasteiger partial charge in [0.2, 0.25) is 5.13 Å². The SMILES string of the molecule is CCCCOc1ccc(/C(O)=C2/C(=O)C(=O)N(c3nnc(SCc4ccccc4)s3)C2c2ccc(OCC)c(OC)c2)cc1. The van der Waals surface area contributed by atoms with E-state index in [-0.39, 0.29) is 16.5 Å². The van der Waals surface area contributed by atoms with Crippen LogP contribution in [0, 0.1) is 0 Å². The van der Waals surface area contributed by atoms with Gasteiger partial charge in [-0.2, -0.15) is 0 Å². The van der Waals surface area contributed by atoms with Gasteiger partial charge in [0.15, 0.2) is 15.8 Å². The van der Waals surface area contributed by atoms with Gasteiger partial charge in [-0.15, -0.1) is 10.2 Å². The number of hydrogen-bond donors (Lipinski definition) is 1. The van der Waals surface area contributed by atoms with Crippen molar-refractivity contribution in [3.05, 3.63) is 95.1 Å². The molecule has 4 aromatic rings. The van der Waals surface area contributed by atoms with Crippen molar-refractivity contribution in [1.82, 2.24) is 10.2 Å². The number of Topliss-reactive ketones (excluding diaryl/α,β-unsaturated/α-hetero) is 1. The number of benzene rings is 3. The molecule has 9 nitrogen and oxygen atoms in total. The summed E-state index contributed by atoms with van der Waals surface area (Å²) in [4.78, 5) is 28.6. The molecule has 228 valence electrons. The highest BCUT2D eigenvalue weighted by Gasteiger charge is 2.48. The number of carbonyl (C=O) groups excluding carboxylic acids is 2. The summed E-state index contributed by atoms with van der Waals surface area (Å²) >= 11 is 2.70. The zero-order valence-corrected chi connectivity index (χ0v) is 26.3. The summed E-state index contributed by atoms with van der Waals surface area (Å²) in [5.41, 5.74) is 1.98. The Bertz CT molecular complexity index is 1640. The molecule has 0 bridgehead atoms. The first-order chi connectivity index (χ1) is 21.4. The first kappa shape index (κ1) is 31.1. The number of rotatable bonds is 13. The second-order valence-electron chi connectivity index (χ2n) is 9.86. The Hall–Kier alpha value is -4.35. The largest absolute Gasteiger partial charge is 0.507 e. The number of aliphatic hydroxyl groups is 1. The van der Waals surface area contributed by atoms with Crippen LogP contribution in [-0.2, 0) is 15.3 Å². The lowest BCUT2D eigenvalue weighted by molar-refractivity contribution is -0.132. The van der Waals surface area contributed by atoms with Crippen molar-refractivity contribution in [3.8, 4) is 17.2 Å². The number of hydrogen-bond acceptors (Lipinski definition) is 10. The number of aliphatic hydroxyl groups excluding tert-OH is 1. The van der Waals surface area contributed by atoms with E-state index in [4.69, 9.17) is 14.2 Å². The van der Waals surface area contributed by atoms with Crippen molar-refractivity contribution in [3.63, 3.8) is 0 Å². The molecule has 0 aliphatic carbocycles. The average Bonchev–Trinajstić information content (AvgIpc) is 3.62. The summed E-state index contributed by atoms with van der Waals surface area (Å²) in [6.45, 7) is 4.97. The molecule has 44 heavy (non-hydrogen) atoms. The predicted octanol–water partition coefficient (Wildman–Crippen LogP) is 7.04. The van der Waals surface area contributed by atoms with Gasteiger partial charge in [0.25, 0.3) is 5.78 Å². The molecule has 1 aliphatic heterocycles. The van der Waals surface area contributed by atoms with Crippen molar-refractivity contribution in [1.29, 1.82) is 0 Å². The van der Waals surface area contributed by atoms with Gasteiger partial charge in [-0.3, -0.25) is 14.5 Å². The van der Waals surface area contributed by atoms with Gasteiger partial charge in [-0.1, -0.05) is 72.8 Å². The predicted molar refractivity (Wildman–Crippen MR) is 172 cm³/mol. The Labute approximate surface area is 264 Å². The number of ether oxygens (including phenoxy) is 3. The molecular formula is C33H33N3O6S2. The third-order valence-electron chi connectivity index (χ3n) is 6.95. The highest BCUT2D eigenvalue weighted by Crippen LogP contribution is 2.45. The lowest BCUT2D eigenvalue weighted by atomic mass is 9.95. The standard InChI is InChI=1S/C33H33N3O6S2/c1-4-6-18-42-24-15-12-22(13-16-24)29(37)27-28(23-14-17-25(41-5-2)26(19-23)40-3)36(31(39)30(27)38)32-34-35-33(44-32)43-20-21-10-8-7-9-11-21/h7-17,19,28,37H,4-6,18,20H2,1-3H3/b29-27-. The number of nitrogens with zero attached hydrogens (tertiary/aromatic N) is 3. The minimum absolute atomic E-state index is 0.0606. The summed E-state index contributed by atoms with van der Waals surface area (Å²) in [7, 11) is 1.52. The molecule has 0 saturated carbocycles. The van der Waals surface area contributed by atoms with Crippen LogP contribution < -0.4 is 19.1 Å². The molecule has 2 heterocycles. The van der Waals surface area contributed by atoms with E-state index >= 15 is 0 Å². The summed E-state index contributed by atoms with van der Waals surface area (Å²) < 4.78 is 17.7. The first-order valence-electron chi connectivity index (χ1n) is 14.3. The fourth-order valence-electron chi connectivity index (χ4n) is 4.75. The van der Waals surface area contributed by atoms with Gasteiger partial charge in [0.05, 0.1) is 31.9 Å². The van der Waals surface area contributed by atoms with E-state index in [2.05, 4.69) is 17.1 Å². The molecule has 0 spiro atoms. The number of carbonyl (C=O) groups is 2. The smallest absolute Gasteiger partial charge is 0.301 e. The molecule has 0 radical (unpaired) electrons. The lowest BCUT2D eigenvalue weighted by Crippen LogP contribution is -2.29. The van der Waals surface area contributed by atoms with Crippen LogP contribution in [0.3, 0.4) is 0 Å². The van der Waals surface area contributed by atoms with Crippen LogP contribution in [0.5, 0.6) is 17.2 Å². The molecule has 3 aromatic carbocycles. The van der Waals surface area contributed by atoms with Gasteiger partial charge in [0.1, 0.15) is 11.5 Å². The van der Waals surface area contributed by atoms with E-state index in [1.54, 1.807) is 42.5 Å². The second-order valence-corrected chi connectivity index (χ2v) is 12.0. The zero-order valence-electron chi connectivity index (χ0n) is 24.7. The highest BCUT2D eigenvalue weighted by molar-refractivity contribution is 8.00. The van der Waals surface area contributed by atoms with Crippen molar-refractivity contribution in [2.45, 2.75) is 42.8 Å². The molecule has 1 saturated heterocycles. The van der Waals surface area contributed by atoms with E-state index in [9.17, 15) is 14.7 Å². The molecule has 1 atom stereocenters. The summed E-state index contributed by atoms with van der Waals surface area (Å²) in [6.07, 6.45) is 1.94. The normalized spacial score (nSPS) is 15.9. The van der Waals surface area contributed by atoms with E-state index in [0.717, 1.165) is 18.4 Å². The van der Waals surface area contributed by atoms with Crippen molar-refractivity contribution >= 4 is 45.7 Å². The van der Waals surface area contributed by atoms with Gasteiger partial charge in [-0.05, 0) is 60.9 Å². The number of methoxy groups -OCH3 is 1. The Morgan fingerprint density at radius 1 is 0.977 bits per heavy atom. The van der Waals surface area contributed by atoms with Crippen molar-refractivity contribution < 1.29 is 28.9 Å². The number of thioether (sulfide) groups is 1. The van der Waals surface area contributed by atoms with Gasteiger partial charge in [0, 0.05) is 11.3 Å². The number of amides is 1.